The van der Waals surface area contributed by atoms with E-state index in [0.29, 0.717) is 45.1 Å². The molecule has 3 N–H and O–H groups in total. The third-order valence-electron chi connectivity index (χ3n) is 4.91. The molecule has 0 bridgehead atoms. The van der Waals surface area contributed by atoms with Crippen molar-refractivity contribution in [1.82, 2.24) is 15.1 Å². The van der Waals surface area contributed by atoms with E-state index in [2.05, 4.69) is 10.4 Å². The third-order valence-corrected chi connectivity index (χ3v) is 5.89. The molecule has 5 nitrogen and oxygen atoms in total. The number of nitrogens with one attached hydrogen (secondary N) is 1. The average molecular weight is 486 g/mol. The van der Waals surface area contributed by atoms with E-state index in [1.54, 1.807) is 47.1 Å². The summed E-state index contributed by atoms with van der Waals surface area (Å²) in [7, 11) is 0. The standard InChI is InChI=1S/C24H19Cl3N4O/c25-18-3-1-2-15(12-18)10-11-29-24(32)16-4-7-19(8-5-16)31-23(28)14-22(30-31)17-6-9-20(26)21(27)13-17/h1-9,12-14H,10-11,28H2,(H,29,32). The van der Waals surface area contributed by atoms with E-state index in [0.717, 1.165) is 16.8 Å². The second-order valence-corrected chi connectivity index (χ2v) is 8.43. The van der Waals surface area contributed by atoms with E-state index in [1.165, 1.54) is 0 Å². The summed E-state index contributed by atoms with van der Waals surface area (Å²) in [4.78, 5) is 12.5. The molecule has 1 aromatic heterocycles. The maximum Gasteiger partial charge on any atom is 0.251 e. The molecule has 0 saturated carbocycles. The zero-order valence-corrected chi connectivity index (χ0v) is 19.1. The van der Waals surface area contributed by atoms with Crippen LogP contribution in [-0.2, 0) is 6.42 Å². The van der Waals surface area contributed by atoms with Gasteiger partial charge in [0.2, 0.25) is 0 Å². The number of carbonyl (C=O) groups excluding carboxylic acids is 1. The fraction of sp³-hybridized carbons (Fsp3) is 0.0833. The second-order valence-electron chi connectivity index (χ2n) is 7.18. The Morgan fingerprint density at radius 2 is 1.72 bits per heavy atom. The van der Waals surface area contributed by atoms with Gasteiger partial charge in [-0.05, 0) is 60.5 Å². The first-order valence-corrected chi connectivity index (χ1v) is 11.0. The Morgan fingerprint density at radius 3 is 2.44 bits per heavy atom. The maximum atomic E-state index is 12.5. The smallest absolute Gasteiger partial charge is 0.251 e. The Morgan fingerprint density at radius 1 is 0.938 bits per heavy atom. The predicted octanol–water partition coefficient (Wildman–Crippen LogP) is 6.05. The van der Waals surface area contributed by atoms with Crippen LogP contribution in [0.25, 0.3) is 16.9 Å². The van der Waals surface area contributed by atoms with Gasteiger partial charge in [0.05, 0.1) is 21.4 Å². The number of rotatable bonds is 6. The van der Waals surface area contributed by atoms with Gasteiger partial charge in [-0.15, -0.1) is 0 Å². The first kappa shape index (κ1) is 22.2. The first-order chi connectivity index (χ1) is 15.4. The number of nitrogens with two attached hydrogens (primary N) is 1. The number of anilines is 1. The Hall–Kier alpha value is -2.99. The summed E-state index contributed by atoms with van der Waals surface area (Å²) in [6, 6.07) is 21.7. The summed E-state index contributed by atoms with van der Waals surface area (Å²) in [5, 5.41) is 9.09. The molecule has 32 heavy (non-hydrogen) atoms. The molecule has 0 aliphatic heterocycles. The fourth-order valence-corrected chi connectivity index (χ4v) is 3.78. The summed E-state index contributed by atoms with van der Waals surface area (Å²) in [5.41, 5.74) is 10.00. The number of benzene rings is 3. The lowest BCUT2D eigenvalue weighted by atomic mass is 10.1. The van der Waals surface area contributed by atoms with Gasteiger partial charge in [-0.3, -0.25) is 4.79 Å². The van der Waals surface area contributed by atoms with Gasteiger partial charge in [-0.25, -0.2) is 4.68 Å². The normalized spacial score (nSPS) is 10.8. The van der Waals surface area contributed by atoms with Crippen LogP contribution in [0.3, 0.4) is 0 Å². The summed E-state index contributed by atoms with van der Waals surface area (Å²) in [6.45, 7) is 0.514. The predicted molar refractivity (Wildman–Crippen MR) is 131 cm³/mol. The number of halogens is 3. The minimum Gasteiger partial charge on any atom is -0.384 e. The minimum atomic E-state index is -0.150. The van der Waals surface area contributed by atoms with Crippen LogP contribution in [-0.4, -0.2) is 22.2 Å². The van der Waals surface area contributed by atoms with Gasteiger partial charge in [-0.1, -0.05) is 53.0 Å². The topological polar surface area (TPSA) is 72.9 Å². The Balaban J connectivity index is 1.43. The summed E-state index contributed by atoms with van der Waals surface area (Å²) < 4.78 is 1.61. The zero-order valence-electron chi connectivity index (χ0n) is 16.9. The number of aromatic nitrogens is 2. The van der Waals surface area contributed by atoms with Crippen molar-refractivity contribution in [1.29, 1.82) is 0 Å². The van der Waals surface area contributed by atoms with Crippen LogP contribution >= 0.6 is 34.8 Å². The van der Waals surface area contributed by atoms with Gasteiger partial charge in [-0.2, -0.15) is 5.10 Å². The van der Waals surface area contributed by atoms with Crippen molar-refractivity contribution in [3.63, 3.8) is 0 Å². The average Bonchev–Trinajstić information content (AvgIpc) is 3.17. The van der Waals surface area contributed by atoms with Gasteiger partial charge >= 0.3 is 0 Å². The van der Waals surface area contributed by atoms with Crippen molar-refractivity contribution in [2.75, 3.05) is 12.3 Å². The van der Waals surface area contributed by atoms with E-state index >= 15 is 0 Å². The van der Waals surface area contributed by atoms with E-state index in [1.807, 2.05) is 30.3 Å². The maximum absolute atomic E-state index is 12.5. The minimum absolute atomic E-state index is 0.150. The molecule has 3 aromatic carbocycles. The van der Waals surface area contributed by atoms with Gasteiger partial charge in [0.25, 0.3) is 5.91 Å². The lowest BCUT2D eigenvalue weighted by Crippen LogP contribution is -2.25. The third kappa shape index (κ3) is 5.07. The summed E-state index contributed by atoms with van der Waals surface area (Å²) >= 11 is 18.1. The SMILES string of the molecule is Nc1cc(-c2ccc(Cl)c(Cl)c2)nn1-c1ccc(C(=O)NCCc2cccc(Cl)c2)cc1. The first-order valence-electron chi connectivity index (χ1n) is 9.85. The molecule has 8 heteroatoms. The van der Waals surface area contributed by atoms with Crippen molar-refractivity contribution in [2.45, 2.75) is 6.42 Å². The molecule has 0 aliphatic rings. The monoisotopic (exact) mass is 484 g/mol. The van der Waals surface area contributed by atoms with Crippen LogP contribution in [0.5, 0.6) is 0 Å². The fourth-order valence-electron chi connectivity index (χ4n) is 3.27. The Kier molecular flexibility index (Phi) is 6.70. The molecular weight excluding hydrogens is 467 g/mol. The van der Waals surface area contributed by atoms with Crippen LogP contribution in [0.2, 0.25) is 15.1 Å². The lowest BCUT2D eigenvalue weighted by Gasteiger charge is -2.08. The molecule has 0 unspecified atom stereocenters. The number of nitrogen functional groups attached to an aromatic ring is 1. The van der Waals surface area contributed by atoms with Crippen LogP contribution in [0, 0.1) is 0 Å². The molecule has 0 spiro atoms. The van der Waals surface area contributed by atoms with Crippen LogP contribution in [0.1, 0.15) is 15.9 Å². The van der Waals surface area contributed by atoms with Gasteiger partial charge in [0.1, 0.15) is 5.82 Å². The Bertz CT molecular complexity index is 1270. The highest BCUT2D eigenvalue weighted by atomic mass is 35.5. The molecule has 0 fully saturated rings. The molecular formula is C24H19Cl3N4O. The summed E-state index contributed by atoms with van der Waals surface area (Å²) in [6.07, 6.45) is 0.700. The number of nitrogens with zero attached hydrogens (tertiary/aromatic N) is 2. The van der Waals surface area contributed by atoms with Crippen LogP contribution in [0.15, 0.2) is 72.8 Å². The van der Waals surface area contributed by atoms with Crippen molar-refractivity contribution in [3.05, 3.63) is 99.0 Å². The molecule has 4 rings (SSSR count). The van der Waals surface area contributed by atoms with Crippen molar-refractivity contribution in [3.8, 4) is 16.9 Å². The molecule has 1 heterocycles. The van der Waals surface area contributed by atoms with Gasteiger partial charge in [0.15, 0.2) is 0 Å². The van der Waals surface area contributed by atoms with Gasteiger partial charge < -0.3 is 11.1 Å². The molecule has 0 atom stereocenters. The highest BCUT2D eigenvalue weighted by Gasteiger charge is 2.12. The van der Waals surface area contributed by atoms with Gasteiger partial charge in [0, 0.05) is 28.8 Å². The number of carbonyl (C=O) groups is 1. The molecule has 4 aromatic rings. The van der Waals surface area contributed by atoms with Crippen molar-refractivity contribution < 1.29 is 4.79 Å². The van der Waals surface area contributed by atoms with Crippen molar-refractivity contribution >= 4 is 46.5 Å². The molecule has 1 amide bonds. The van der Waals surface area contributed by atoms with E-state index < -0.39 is 0 Å². The molecule has 0 radical (unpaired) electrons. The summed E-state index contributed by atoms with van der Waals surface area (Å²) in [5.74, 6) is 0.313. The Labute approximate surface area is 200 Å². The van der Waals surface area contributed by atoms with Crippen LogP contribution < -0.4 is 11.1 Å². The second kappa shape index (κ2) is 9.65. The molecule has 0 saturated heterocycles. The van der Waals surface area contributed by atoms with E-state index in [-0.39, 0.29) is 5.91 Å². The van der Waals surface area contributed by atoms with E-state index in [9.17, 15) is 4.79 Å². The largest absolute Gasteiger partial charge is 0.384 e. The van der Waals surface area contributed by atoms with Crippen molar-refractivity contribution in [2.24, 2.45) is 0 Å². The van der Waals surface area contributed by atoms with E-state index in [4.69, 9.17) is 40.5 Å². The number of amides is 1. The molecule has 162 valence electrons. The molecule has 0 aliphatic carbocycles. The number of hydrogen-bond donors (Lipinski definition) is 2. The lowest BCUT2D eigenvalue weighted by molar-refractivity contribution is 0.0954. The quantitative estimate of drug-likeness (QED) is 0.349. The highest BCUT2D eigenvalue weighted by Crippen LogP contribution is 2.29. The zero-order chi connectivity index (χ0) is 22.7. The number of hydrogen-bond acceptors (Lipinski definition) is 3. The van der Waals surface area contributed by atoms with Crippen LogP contribution in [0.4, 0.5) is 5.82 Å². The highest BCUT2D eigenvalue weighted by molar-refractivity contribution is 6.42.